The molecule has 8 nitrogen and oxygen atoms in total. The van der Waals surface area contributed by atoms with E-state index in [1.807, 2.05) is 38.1 Å². The summed E-state index contributed by atoms with van der Waals surface area (Å²) in [6.07, 6.45) is -0.160. The van der Waals surface area contributed by atoms with E-state index in [1.54, 1.807) is 31.2 Å². The Labute approximate surface area is 184 Å². The first kappa shape index (κ1) is 21.3. The molecule has 0 bridgehead atoms. The molecule has 0 radical (unpaired) electrons. The summed E-state index contributed by atoms with van der Waals surface area (Å²) in [4.78, 5) is 12.4. The summed E-state index contributed by atoms with van der Waals surface area (Å²) >= 11 is 0.819. The number of fused-ring (bicyclic) bond motifs is 1. The molecule has 162 valence electrons. The Morgan fingerprint density at radius 3 is 2.71 bits per heavy atom. The molecule has 0 fully saturated rings. The van der Waals surface area contributed by atoms with Crippen LogP contribution in [0.2, 0.25) is 0 Å². The minimum Gasteiger partial charge on any atom is -0.481 e. The Morgan fingerprint density at radius 2 is 1.97 bits per heavy atom. The van der Waals surface area contributed by atoms with Crippen molar-refractivity contribution in [3.63, 3.8) is 0 Å². The molecular formula is C21H22N4O4S2. The summed E-state index contributed by atoms with van der Waals surface area (Å²) in [5.41, 5.74) is 2.72. The Bertz CT molecular complexity index is 1210. The molecule has 2 atom stereocenters. The van der Waals surface area contributed by atoms with E-state index in [4.69, 9.17) is 4.74 Å². The van der Waals surface area contributed by atoms with E-state index in [2.05, 4.69) is 15.5 Å². The average molecular weight is 459 g/mol. The lowest BCUT2D eigenvalue weighted by Gasteiger charge is -2.22. The second kappa shape index (κ2) is 8.27. The number of carbonyl (C=O) groups is 1. The van der Waals surface area contributed by atoms with Gasteiger partial charge >= 0.3 is 0 Å². The molecule has 1 aromatic heterocycles. The molecule has 0 aliphatic carbocycles. The van der Waals surface area contributed by atoms with E-state index < -0.39 is 22.0 Å². The highest BCUT2D eigenvalue weighted by molar-refractivity contribution is 7.94. The fourth-order valence-corrected chi connectivity index (χ4v) is 6.19. The molecule has 3 aromatic rings. The number of amides is 1. The summed E-state index contributed by atoms with van der Waals surface area (Å²) in [5.74, 6) is 0.113. The van der Waals surface area contributed by atoms with Crippen molar-refractivity contribution < 1.29 is 17.9 Å². The zero-order chi connectivity index (χ0) is 22.2. The number of rotatable bonds is 6. The first-order chi connectivity index (χ1) is 14.8. The molecule has 0 saturated heterocycles. The maximum Gasteiger partial charge on any atom is 0.293 e. The van der Waals surface area contributed by atoms with E-state index in [-0.39, 0.29) is 15.5 Å². The van der Waals surface area contributed by atoms with Crippen LogP contribution in [0.25, 0.3) is 0 Å². The predicted octanol–water partition coefficient (Wildman–Crippen LogP) is 3.39. The first-order valence-corrected chi connectivity index (χ1v) is 12.0. The molecule has 4 rings (SSSR count). The molecule has 1 amide bonds. The number of aromatic nitrogens is 2. The van der Waals surface area contributed by atoms with Gasteiger partial charge in [-0.1, -0.05) is 47.2 Å². The van der Waals surface area contributed by atoms with Gasteiger partial charge in [-0.15, -0.1) is 10.2 Å². The van der Waals surface area contributed by atoms with Crippen molar-refractivity contribution in [3.8, 4) is 5.75 Å². The number of nitrogens with zero attached hydrogens (tertiary/aromatic N) is 3. The van der Waals surface area contributed by atoms with Crippen LogP contribution >= 0.6 is 11.3 Å². The van der Waals surface area contributed by atoms with Crippen LogP contribution in [0.3, 0.4) is 0 Å². The summed E-state index contributed by atoms with van der Waals surface area (Å²) in [6.45, 7) is 5.44. The average Bonchev–Trinajstić information content (AvgIpc) is 3.32. The van der Waals surface area contributed by atoms with Gasteiger partial charge in [0, 0.05) is 6.04 Å². The van der Waals surface area contributed by atoms with Crippen molar-refractivity contribution in [2.24, 2.45) is 0 Å². The Hall–Kier alpha value is -2.98. The predicted molar refractivity (Wildman–Crippen MR) is 119 cm³/mol. The maximum absolute atomic E-state index is 13.3. The molecule has 0 unspecified atom stereocenters. The maximum atomic E-state index is 13.3. The SMILES string of the molecule is Cc1ccc2c(c1)C[C@H](C)N2S(=O)(=O)c1nnc(NC(=O)[C@@H](C)Oc2ccccc2)s1. The van der Waals surface area contributed by atoms with Crippen molar-refractivity contribution in [3.05, 3.63) is 59.7 Å². The van der Waals surface area contributed by atoms with Gasteiger partial charge in [0.2, 0.25) is 5.13 Å². The van der Waals surface area contributed by atoms with Gasteiger partial charge in [0.1, 0.15) is 5.75 Å². The van der Waals surface area contributed by atoms with Crippen molar-refractivity contribution in [1.82, 2.24) is 10.2 Å². The van der Waals surface area contributed by atoms with Crippen LogP contribution in [0.4, 0.5) is 10.8 Å². The van der Waals surface area contributed by atoms with Crippen molar-refractivity contribution >= 4 is 38.1 Å². The fourth-order valence-electron chi connectivity index (χ4n) is 3.51. The highest BCUT2D eigenvalue weighted by atomic mass is 32.2. The van der Waals surface area contributed by atoms with Crippen LogP contribution in [-0.2, 0) is 21.2 Å². The van der Waals surface area contributed by atoms with Crippen LogP contribution in [0.5, 0.6) is 5.75 Å². The summed E-state index contributed by atoms with van der Waals surface area (Å²) in [6, 6.07) is 14.4. The van der Waals surface area contributed by atoms with Gasteiger partial charge in [-0.2, -0.15) is 8.42 Å². The number of sulfonamides is 1. The van der Waals surface area contributed by atoms with Gasteiger partial charge in [-0.25, -0.2) is 0 Å². The number of para-hydroxylation sites is 1. The number of hydrogen-bond donors (Lipinski definition) is 1. The van der Waals surface area contributed by atoms with Gasteiger partial charge in [0.25, 0.3) is 20.3 Å². The van der Waals surface area contributed by atoms with Crippen molar-refractivity contribution in [2.75, 3.05) is 9.62 Å². The minimum atomic E-state index is -3.90. The van der Waals surface area contributed by atoms with Gasteiger partial charge in [-0.05, 0) is 51.0 Å². The van der Waals surface area contributed by atoms with Crippen molar-refractivity contribution in [2.45, 2.75) is 43.7 Å². The highest BCUT2D eigenvalue weighted by Gasteiger charge is 2.38. The lowest BCUT2D eigenvalue weighted by Crippen LogP contribution is -2.35. The molecule has 1 aliphatic heterocycles. The number of benzene rings is 2. The molecule has 31 heavy (non-hydrogen) atoms. The van der Waals surface area contributed by atoms with Gasteiger partial charge in [-0.3, -0.25) is 14.4 Å². The number of aryl methyl sites for hydroxylation is 1. The van der Waals surface area contributed by atoms with E-state index in [0.29, 0.717) is 17.9 Å². The van der Waals surface area contributed by atoms with Gasteiger partial charge < -0.3 is 4.74 Å². The van der Waals surface area contributed by atoms with Gasteiger partial charge in [0.05, 0.1) is 5.69 Å². The lowest BCUT2D eigenvalue weighted by molar-refractivity contribution is -0.122. The number of anilines is 2. The summed E-state index contributed by atoms with van der Waals surface area (Å²) in [5, 5.41) is 10.4. The third-order valence-corrected chi connectivity index (χ3v) is 8.04. The summed E-state index contributed by atoms with van der Waals surface area (Å²) in [7, 11) is -3.90. The Balaban J connectivity index is 1.50. The minimum absolute atomic E-state index is 0.100. The molecule has 1 N–H and O–H groups in total. The van der Waals surface area contributed by atoms with E-state index in [9.17, 15) is 13.2 Å². The number of hydrogen-bond acceptors (Lipinski definition) is 7. The van der Waals surface area contributed by atoms with Crippen LogP contribution in [0.15, 0.2) is 52.9 Å². The molecule has 2 aromatic carbocycles. The Morgan fingerprint density at radius 1 is 1.23 bits per heavy atom. The van der Waals surface area contributed by atoms with Crippen molar-refractivity contribution in [1.29, 1.82) is 0 Å². The molecule has 0 saturated carbocycles. The molecule has 1 aliphatic rings. The van der Waals surface area contributed by atoms with Gasteiger partial charge in [0.15, 0.2) is 6.10 Å². The largest absolute Gasteiger partial charge is 0.481 e. The zero-order valence-corrected chi connectivity index (χ0v) is 18.9. The van der Waals surface area contributed by atoms with E-state index in [1.165, 1.54) is 4.31 Å². The lowest BCUT2D eigenvalue weighted by atomic mass is 10.1. The standard InChI is InChI=1S/C21H22N4O4S2/c1-13-9-10-18-16(11-13)12-14(2)25(18)31(27,28)21-24-23-20(30-21)22-19(26)15(3)29-17-7-5-4-6-8-17/h4-11,14-15H,12H2,1-3H3,(H,22,23,26)/t14-,15+/m0/s1. The highest BCUT2D eigenvalue weighted by Crippen LogP contribution is 2.38. The van der Waals surface area contributed by atoms with Crippen LogP contribution in [-0.4, -0.2) is 36.7 Å². The van der Waals surface area contributed by atoms with Crippen LogP contribution < -0.4 is 14.4 Å². The number of ether oxygens (including phenoxy) is 1. The molecule has 10 heteroatoms. The van der Waals surface area contributed by atoms with E-state index >= 15 is 0 Å². The first-order valence-electron chi connectivity index (χ1n) is 9.76. The zero-order valence-electron chi connectivity index (χ0n) is 17.3. The third kappa shape index (κ3) is 4.26. The summed E-state index contributed by atoms with van der Waals surface area (Å²) < 4.78 is 33.3. The second-order valence-corrected chi connectivity index (χ2v) is 10.4. The molecular weight excluding hydrogens is 436 g/mol. The molecule has 2 heterocycles. The van der Waals surface area contributed by atoms with Crippen LogP contribution in [0, 0.1) is 6.92 Å². The topological polar surface area (TPSA) is 101 Å². The normalized spacial score (nSPS) is 16.6. The second-order valence-electron chi connectivity index (χ2n) is 7.42. The van der Waals surface area contributed by atoms with Crippen LogP contribution in [0.1, 0.15) is 25.0 Å². The molecule has 0 spiro atoms. The Kier molecular flexibility index (Phi) is 5.67. The fraction of sp³-hybridized carbons (Fsp3) is 0.286. The smallest absolute Gasteiger partial charge is 0.293 e. The number of nitrogens with one attached hydrogen (secondary N) is 1. The number of carbonyl (C=O) groups excluding carboxylic acids is 1. The monoisotopic (exact) mass is 458 g/mol. The quantitative estimate of drug-likeness (QED) is 0.568. The third-order valence-electron chi connectivity index (χ3n) is 4.93. The van der Waals surface area contributed by atoms with E-state index in [0.717, 1.165) is 22.5 Å².